The number of allylic oxidation sites excluding steroid dienone is 1. The maximum Gasteiger partial charge on any atom is 0.192 e. The molecule has 0 saturated carbocycles. The monoisotopic (exact) mass is 230 g/mol. The van der Waals surface area contributed by atoms with Crippen LogP contribution >= 0.6 is 0 Å². The van der Waals surface area contributed by atoms with Gasteiger partial charge in [0.15, 0.2) is 5.78 Å². The molecule has 4 heteroatoms. The van der Waals surface area contributed by atoms with Gasteiger partial charge in [-0.25, -0.2) is 0 Å². The van der Waals surface area contributed by atoms with Crippen LogP contribution in [-0.2, 0) is 0 Å². The number of aromatic amines is 1. The zero-order chi connectivity index (χ0) is 12.4. The van der Waals surface area contributed by atoms with Gasteiger partial charge in [0.2, 0.25) is 0 Å². The highest BCUT2D eigenvalue weighted by molar-refractivity contribution is 6.19. The van der Waals surface area contributed by atoms with Gasteiger partial charge < -0.3 is 15.4 Å². The zero-order valence-electron chi connectivity index (χ0n) is 9.58. The lowest BCUT2D eigenvalue weighted by molar-refractivity contribution is 0.103. The summed E-state index contributed by atoms with van der Waals surface area (Å²) < 4.78 is 0. The van der Waals surface area contributed by atoms with Crippen molar-refractivity contribution in [2.24, 2.45) is 0 Å². The normalized spacial score (nSPS) is 10.5. The van der Waals surface area contributed by atoms with Crippen molar-refractivity contribution in [3.8, 4) is 0 Å². The predicted molar refractivity (Wildman–Crippen MR) is 68.2 cm³/mol. The Morgan fingerprint density at radius 1 is 1.47 bits per heavy atom. The minimum absolute atomic E-state index is 0.126. The summed E-state index contributed by atoms with van der Waals surface area (Å²) in [5.41, 5.74) is 1.85. The minimum Gasteiger partial charge on any atom is -0.377 e. The van der Waals surface area contributed by atoms with Gasteiger partial charge in [0.1, 0.15) is 12.5 Å². The molecule has 1 heterocycles. The number of rotatable bonds is 4. The Morgan fingerprint density at radius 2 is 2.18 bits per heavy atom. The third-order valence-electron chi connectivity index (χ3n) is 2.58. The number of para-hydroxylation sites is 1. The molecule has 0 aliphatic carbocycles. The number of Topliss-reactive ketones (excluding diaryl/α,β-unsaturated/α-hetero) is 1. The summed E-state index contributed by atoms with van der Waals surface area (Å²) in [6.07, 6.45) is 0. The van der Waals surface area contributed by atoms with Gasteiger partial charge in [-0.1, -0.05) is 24.8 Å². The Kier molecular flexibility index (Phi) is 2.97. The van der Waals surface area contributed by atoms with Gasteiger partial charge in [-0.05, 0) is 18.6 Å². The number of nitrogens with one attached hydrogen (secondary N) is 2. The highest BCUT2D eigenvalue weighted by Crippen LogP contribution is 2.27. The molecule has 0 spiro atoms. The SMILES string of the molecule is C=C(C)C(=O)c1c(NCO)[nH]c2ccccc12. The first-order chi connectivity index (χ1) is 8.15. The molecule has 0 radical (unpaired) electrons. The second kappa shape index (κ2) is 4.43. The molecule has 1 aromatic carbocycles. The van der Waals surface area contributed by atoms with E-state index in [1.54, 1.807) is 6.92 Å². The Balaban J connectivity index is 2.67. The van der Waals surface area contributed by atoms with Gasteiger partial charge in [0.05, 0.1) is 5.56 Å². The summed E-state index contributed by atoms with van der Waals surface area (Å²) in [4.78, 5) is 15.1. The van der Waals surface area contributed by atoms with E-state index < -0.39 is 0 Å². The molecule has 0 aliphatic rings. The van der Waals surface area contributed by atoms with Gasteiger partial charge in [0, 0.05) is 10.9 Å². The van der Waals surface area contributed by atoms with Crippen molar-refractivity contribution in [2.75, 3.05) is 12.0 Å². The number of fused-ring (bicyclic) bond motifs is 1. The minimum atomic E-state index is -0.233. The van der Waals surface area contributed by atoms with Crippen molar-refractivity contribution in [3.63, 3.8) is 0 Å². The molecule has 0 aliphatic heterocycles. The quantitative estimate of drug-likeness (QED) is 0.429. The van der Waals surface area contributed by atoms with E-state index in [9.17, 15) is 4.79 Å². The number of hydrogen-bond donors (Lipinski definition) is 3. The van der Waals surface area contributed by atoms with Gasteiger partial charge in [-0.15, -0.1) is 0 Å². The molecule has 0 saturated heterocycles. The van der Waals surface area contributed by atoms with Crippen molar-refractivity contribution < 1.29 is 9.90 Å². The maximum atomic E-state index is 12.1. The molecule has 88 valence electrons. The van der Waals surface area contributed by atoms with Crippen LogP contribution in [0.4, 0.5) is 5.82 Å². The number of hydrogen-bond acceptors (Lipinski definition) is 3. The van der Waals surface area contributed by atoms with E-state index in [0.717, 1.165) is 10.9 Å². The lowest BCUT2D eigenvalue weighted by atomic mass is 10.0. The summed E-state index contributed by atoms with van der Waals surface area (Å²) in [6, 6.07) is 7.50. The van der Waals surface area contributed by atoms with E-state index in [-0.39, 0.29) is 12.5 Å². The van der Waals surface area contributed by atoms with Gasteiger partial charge in [0.25, 0.3) is 0 Å². The number of aromatic nitrogens is 1. The topological polar surface area (TPSA) is 65.1 Å². The first-order valence-corrected chi connectivity index (χ1v) is 5.30. The number of anilines is 1. The number of carbonyl (C=O) groups excluding carboxylic acids is 1. The number of H-pyrrole nitrogens is 1. The molecule has 0 unspecified atom stereocenters. The largest absolute Gasteiger partial charge is 0.377 e. The van der Waals surface area contributed by atoms with E-state index in [0.29, 0.717) is 17.0 Å². The summed E-state index contributed by atoms with van der Waals surface area (Å²) in [6.45, 7) is 5.11. The summed E-state index contributed by atoms with van der Waals surface area (Å²) in [5, 5.41) is 12.5. The van der Waals surface area contributed by atoms with Crippen LogP contribution in [0.2, 0.25) is 0 Å². The zero-order valence-corrected chi connectivity index (χ0v) is 9.58. The van der Waals surface area contributed by atoms with Crippen LogP contribution in [0.3, 0.4) is 0 Å². The van der Waals surface area contributed by atoms with E-state index in [4.69, 9.17) is 5.11 Å². The van der Waals surface area contributed by atoms with Crippen molar-refractivity contribution >= 4 is 22.5 Å². The van der Waals surface area contributed by atoms with Crippen molar-refractivity contribution in [1.82, 2.24) is 4.98 Å². The molecule has 1 aromatic heterocycles. The van der Waals surface area contributed by atoms with Gasteiger partial charge >= 0.3 is 0 Å². The Morgan fingerprint density at radius 3 is 2.82 bits per heavy atom. The maximum absolute atomic E-state index is 12.1. The van der Waals surface area contributed by atoms with Crippen LogP contribution in [-0.4, -0.2) is 22.6 Å². The smallest absolute Gasteiger partial charge is 0.192 e. The molecule has 0 fully saturated rings. The van der Waals surface area contributed by atoms with Crippen LogP contribution in [0, 0.1) is 0 Å². The van der Waals surface area contributed by atoms with E-state index >= 15 is 0 Å². The highest BCUT2D eigenvalue weighted by Gasteiger charge is 2.18. The Labute approximate surface area is 99.0 Å². The van der Waals surface area contributed by atoms with Crippen molar-refractivity contribution in [1.29, 1.82) is 0 Å². The average Bonchev–Trinajstić information content (AvgIpc) is 2.66. The van der Waals surface area contributed by atoms with E-state index in [2.05, 4.69) is 16.9 Å². The molecule has 2 rings (SSSR count). The summed E-state index contributed by atoms with van der Waals surface area (Å²) in [5.74, 6) is 0.403. The molecule has 2 aromatic rings. The fourth-order valence-electron chi connectivity index (χ4n) is 1.80. The van der Waals surface area contributed by atoms with Crippen LogP contribution in [0.15, 0.2) is 36.4 Å². The lowest BCUT2D eigenvalue weighted by Gasteiger charge is -2.04. The van der Waals surface area contributed by atoms with Crippen molar-refractivity contribution in [2.45, 2.75) is 6.92 Å². The van der Waals surface area contributed by atoms with Crippen LogP contribution in [0.25, 0.3) is 10.9 Å². The molecular weight excluding hydrogens is 216 g/mol. The van der Waals surface area contributed by atoms with Crippen LogP contribution < -0.4 is 5.32 Å². The first kappa shape index (κ1) is 11.4. The average molecular weight is 230 g/mol. The summed E-state index contributed by atoms with van der Waals surface area (Å²) >= 11 is 0. The summed E-state index contributed by atoms with van der Waals surface area (Å²) in [7, 11) is 0. The highest BCUT2D eigenvalue weighted by atomic mass is 16.3. The fourth-order valence-corrected chi connectivity index (χ4v) is 1.80. The van der Waals surface area contributed by atoms with E-state index in [1.165, 1.54) is 0 Å². The Bertz CT molecular complexity index is 584. The number of carbonyl (C=O) groups is 1. The lowest BCUT2D eigenvalue weighted by Crippen LogP contribution is -2.07. The molecule has 0 amide bonds. The molecular formula is C13H14N2O2. The van der Waals surface area contributed by atoms with Gasteiger partial charge in [-0.3, -0.25) is 4.79 Å². The van der Waals surface area contributed by atoms with Gasteiger partial charge in [-0.2, -0.15) is 0 Å². The third-order valence-corrected chi connectivity index (χ3v) is 2.58. The number of aliphatic hydroxyl groups is 1. The Hall–Kier alpha value is -2.07. The second-order valence-corrected chi connectivity index (χ2v) is 3.86. The number of benzene rings is 1. The van der Waals surface area contributed by atoms with Crippen LogP contribution in [0.5, 0.6) is 0 Å². The standard InChI is InChI=1S/C13H14N2O2/c1-8(2)12(17)11-9-5-3-4-6-10(9)15-13(11)14-7-16/h3-6,14-16H,1,7H2,2H3. The van der Waals surface area contributed by atoms with E-state index in [1.807, 2.05) is 24.3 Å². The molecule has 17 heavy (non-hydrogen) atoms. The molecule has 0 bridgehead atoms. The molecule has 4 nitrogen and oxygen atoms in total. The molecule has 0 atom stereocenters. The first-order valence-electron chi connectivity index (χ1n) is 5.30. The number of ketones is 1. The second-order valence-electron chi connectivity index (χ2n) is 3.86. The van der Waals surface area contributed by atoms with Crippen molar-refractivity contribution in [3.05, 3.63) is 42.0 Å². The third kappa shape index (κ3) is 1.94. The number of aliphatic hydroxyl groups excluding tert-OH is 1. The molecule has 3 N–H and O–H groups in total. The van der Waals surface area contributed by atoms with Crippen LogP contribution in [0.1, 0.15) is 17.3 Å². The predicted octanol–water partition coefficient (Wildman–Crippen LogP) is 2.29. The fraction of sp³-hybridized carbons (Fsp3) is 0.154.